The molecule has 28 heavy (non-hydrogen) atoms. The summed E-state index contributed by atoms with van der Waals surface area (Å²) in [4.78, 5) is 0. The Labute approximate surface area is 161 Å². The molecule has 0 atom stereocenters. The molecule has 0 radical (unpaired) electrons. The van der Waals surface area contributed by atoms with Crippen LogP contribution in [0.3, 0.4) is 0 Å². The van der Waals surface area contributed by atoms with Crippen molar-refractivity contribution in [3.05, 3.63) is 90.5 Å². The Balaban J connectivity index is 1.90. The fourth-order valence-electron chi connectivity index (χ4n) is 3.43. The molecule has 0 bridgehead atoms. The molecule has 4 aromatic carbocycles. The van der Waals surface area contributed by atoms with Crippen molar-refractivity contribution in [2.75, 3.05) is 7.11 Å². The van der Waals surface area contributed by atoms with Crippen molar-refractivity contribution in [1.29, 1.82) is 0 Å². The quantitative estimate of drug-likeness (QED) is 0.366. The predicted molar refractivity (Wildman–Crippen MR) is 106 cm³/mol. The molecule has 4 rings (SSSR count). The molecule has 4 aromatic rings. The van der Waals surface area contributed by atoms with E-state index < -0.39 is 11.7 Å². The first-order valence-corrected chi connectivity index (χ1v) is 8.81. The van der Waals surface area contributed by atoms with E-state index in [1.54, 1.807) is 7.11 Å². The van der Waals surface area contributed by atoms with E-state index in [1.165, 1.54) is 12.1 Å². The van der Waals surface area contributed by atoms with Crippen molar-refractivity contribution in [1.82, 2.24) is 0 Å². The predicted octanol–water partition coefficient (Wildman–Crippen LogP) is 7.20. The second-order valence-electron chi connectivity index (χ2n) is 6.51. The van der Waals surface area contributed by atoms with E-state index in [0.29, 0.717) is 0 Å². The van der Waals surface area contributed by atoms with Gasteiger partial charge >= 0.3 is 6.18 Å². The van der Waals surface area contributed by atoms with Crippen LogP contribution in [0, 0.1) is 0 Å². The molecule has 0 N–H and O–H groups in total. The lowest BCUT2D eigenvalue weighted by Crippen LogP contribution is -2.04. The minimum atomic E-state index is -4.34. The van der Waals surface area contributed by atoms with Crippen molar-refractivity contribution in [2.45, 2.75) is 6.18 Å². The maximum Gasteiger partial charge on any atom is 0.416 e. The van der Waals surface area contributed by atoms with Gasteiger partial charge in [0.05, 0.1) is 12.7 Å². The molecule has 1 nitrogen and oxygen atoms in total. The highest BCUT2D eigenvalue weighted by Gasteiger charge is 2.30. The molecule has 0 aliphatic heterocycles. The smallest absolute Gasteiger partial charge is 0.416 e. The zero-order chi connectivity index (χ0) is 19.7. The van der Waals surface area contributed by atoms with Crippen LogP contribution in [0.15, 0.2) is 84.9 Å². The number of benzene rings is 4. The normalized spacial score (nSPS) is 11.6. The van der Waals surface area contributed by atoms with Gasteiger partial charge in [-0.25, -0.2) is 0 Å². The van der Waals surface area contributed by atoms with Gasteiger partial charge in [0.1, 0.15) is 5.75 Å². The molecule has 0 aromatic heterocycles. The Morgan fingerprint density at radius 1 is 0.643 bits per heavy atom. The maximum absolute atomic E-state index is 12.9. The first kappa shape index (κ1) is 18.1. The lowest BCUT2D eigenvalue weighted by molar-refractivity contribution is -0.137. The fourth-order valence-corrected chi connectivity index (χ4v) is 3.43. The van der Waals surface area contributed by atoms with Gasteiger partial charge < -0.3 is 4.74 Å². The summed E-state index contributed by atoms with van der Waals surface area (Å²) >= 11 is 0. The second kappa shape index (κ2) is 7.04. The molecule has 0 unspecified atom stereocenters. The van der Waals surface area contributed by atoms with E-state index in [-0.39, 0.29) is 0 Å². The fraction of sp³-hybridized carbons (Fsp3) is 0.0833. The first-order valence-electron chi connectivity index (χ1n) is 8.81. The van der Waals surface area contributed by atoms with Crippen molar-refractivity contribution >= 4 is 10.8 Å². The van der Waals surface area contributed by atoms with Crippen LogP contribution in [0.25, 0.3) is 33.0 Å². The molecule has 4 heteroatoms. The molecule has 0 aliphatic rings. The first-order chi connectivity index (χ1) is 13.5. The molecule has 140 valence electrons. The molecule has 0 saturated carbocycles. The van der Waals surface area contributed by atoms with E-state index in [9.17, 15) is 13.2 Å². The summed E-state index contributed by atoms with van der Waals surface area (Å²) in [6.45, 7) is 0. The van der Waals surface area contributed by atoms with E-state index in [0.717, 1.165) is 50.9 Å². The molecule has 0 spiro atoms. The van der Waals surface area contributed by atoms with E-state index in [2.05, 4.69) is 0 Å². The Hall–Kier alpha value is -3.27. The third kappa shape index (κ3) is 3.33. The van der Waals surface area contributed by atoms with Crippen LogP contribution in [-0.2, 0) is 6.18 Å². The third-order valence-electron chi connectivity index (χ3n) is 4.83. The Morgan fingerprint density at radius 2 is 1.14 bits per heavy atom. The number of fused-ring (bicyclic) bond motifs is 1. The van der Waals surface area contributed by atoms with Crippen LogP contribution < -0.4 is 4.74 Å². The van der Waals surface area contributed by atoms with Crippen LogP contribution in [0.2, 0.25) is 0 Å². The van der Waals surface area contributed by atoms with Gasteiger partial charge in [0.15, 0.2) is 0 Å². The highest BCUT2D eigenvalue weighted by Crippen LogP contribution is 2.38. The van der Waals surface area contributed by atoms with Crippen LogP contribution >= 0.6 is 0 Å². The third-order valence-corrected chi connectivity index (χ3v) is 4.83. The largest absolute Gasteiger partial charge is 0.497 e. The molecule has 0 aliphatic carbocycles. The molecule has 0 fully saturated rings. The minimum Gasteiger partial charge on any atom is -0.497 e. The van der Waals surface area contributed by atoms with Crippen LogP contribution in [0.4, 0.5) is 13.2 Å². The van der Waals surface area contributed by atoms with Gasteiger partial charge in [0, 0.05) is 0 Å². The van der Waals surface area contributed by atoms with Gasteiger partial charge in [-0.1, -0.05) is 60.7 Å². The van der Waals surface area contributed by atoms with Crippen molar-refractivity contribution in [3.63, 3.8) is 0 Å². The van der Waals surface area contributed by atoms with Gasteiger partial charge in [-0.05, 0) is 57.3 Å². The zero-order valence-electron chi connectivity index (χ0n) is 15.1. The Bertz CT molecular complexity index is 1110. The summed E-state index contributed by atoms with van der Waals surface area (Å²) in [6.07, 6.45) is -4.34. The molecular weight excluding hydrogens is 361 g/mol. The second-order valence-corrected chi connectivity index (χ2v) is 6.51. The van der Waals surface area contributed by atoms with E-state index >= 15 is 0 Å². The minimum absolute atomic E-state index is 0.646. The summed E-state index contributed by atoms with van der Waals surface area (Å²) in [7, 11) is 1.62. The van der Waals surface area contributed by atoms with Gasteiger partial charge in [0.2, 0.25) is 0 Å². The van der Waals surface area contributed by atoms with Crippen molar-refractivity contribution in [2.24, 2.45) is 0 Å². The van der Waals surface area contributed by atoms with E-state index in [4.69, 9.17) is 4.74 Å². The number of rotatable bonds is 3. The average Bonchev–Trinajstić information content (AvgIpc) is 2.72. The van der Waals surface area contributed by atoms with Gasteiger partial charge in [-0.15, -0.1) is 0 Å². The van der Waals surface area contributed by atoms with Crippen molar-refractivity contribution in [3.8, 4) is 28.0 Å². The standard InChI is InChI=1S/C24H17F3O/c1-28-20-14-10-17(11-15-20)22-7-3-5-18-4-2-6-21(23(18)22)16-8-12-19(13-9-16)24(25,26)27/h2-15H,1H3. The number of alkyl halides is 3. The zero-order valence-corrected chi connectivity index (χ0v) is 15.1. The number of hydrogen-bond donors (Lipinski definition) is 0. The highest BCUT2D eigenvalue weighted by atomic mass is 19.4. The summed E-state index contributed by atoms with van der Waals surface area (Å²) in [5.41, 5.74) is 3.05. The monoisotopic (exact) mass is 378 g/mol. The summed E-state index contributed by atoms with van der Waals surface area (Å²) in [5.74, 6) is 0.770. The average molecular weight is 378 g/mol. The van der Waals surface area contributed by atoms with Gasteiger partial charge in [-0.2, -0.15) is 13.2 Å². The van der Waals surface area contributed by atoms with Gasteiger partial charge in [0.25, 0.3) is 0 Å². The summed E-state index contributed by atoms with van der Waals surface area (Å²) in [6, 6.07) is 25.0. The molecular formula is C24H17F3O. The number of halogens is 3. The Morgan fingerprint density at radius 3 is 1.61 bits per heavy atom. The van der Waals surface area contributed by atoms with Crippen LogP contribution in [0.1, 0.15) is 5.56 Å². The van der Waals surface area contributed by atoms with Crippen LogP contribution in [-0.4, -0.2) is 7.11 Å². The SMILES string of the molecule is COc1ccc(-c2cccc3cccc(-c4ccc(C(F)(F)F)cc4)c23)cc1. The van der Waals surface area contributed by atoms with Crippen LogP contribution in [0.5, 0.6) is 5.75 Å². The number of methoxy groups -OCH3 is 1. The molecule has 0 saturated heterocycles. The van der Waals surface area contributed by atoms with Gasteiger partial charge in [-0.3, -0.25) is 0 Å². The van der Waals surface area contributed by atoms with E-state index in [1.807, 2.05) is 60.7 Å². The molecule has 0 amide bonds. The lowest BCUT2D eigenvalue weighted by atomic mass is 9.91. The number of hydrogen-bond acceptors (Lipinski definition) is 1. The lowest BCUT2D eigenvalue weighted by Gasteiger charge is -2.14. The van der Waals surface area contributed by atoms with Crippen molar-refractivity contribution < 1.29 is 17.9 Å². The highest BCUT2D eigenvalue weighted by molar-refractivity contribution is 6.06. The maximum atomic E-state index is 12.9. The summed E-state index contributed by atoms with van der Waals surface area (Å²) < 4.78 is 44.0. The Kier molecular flexibility index (Phi) is 4.55. The molecule has 0 heterocycles. The number of ether oxygens (including phenoxy) is 1. The topological polar surface area (TPSA) is 9.23 Å². The summed E-state index contributed by atoms with van der Waals surface area (Å²) in [5, 5.41) is 2.04.